The molecule has 2 aromatic rings. The van der Waals surface area contributed by atoms with Crippen LogP contribution in [0.25, 0.3) is 0 Å². The number of sulfonamides is 1. The Balaban J connectivity index is 1.74. The van der Waals surface area contributed by atoms with Crippen LogP contribution in [0.5, 0.6) is 0 Å². The van der Waals surface area contributed by atoms with Crippen molar-refractivity contribution in [2.45, 2.75) is 12.3 Å². The molecule has 2 aromatic carbocycles. The standard InChI is InChI=1S/C18H19N5O3S/c1-12-5-7-14(8-6-12)23-27(25,26)18-16(11-20-22-18)17(24)21-15-4-2-3-13(9-15)10-19/h2-9,16,18,20,22-23H,11H2,1H3,(H,21,24). The van der Waals surface area contributed by atoms with E-state index in [4.69, 9.17) is 5.26 Å². The highest BCUT2D eigenvalue weighted by atomic mass is 32.2. The molecule has 1 saturated heterocycles. The van der Waals surface area contributed by atoms with E-state index in [1.165, 1.54) is 6.07 Å². The SMILES string of the molecule is Cc1ccc(NS(=O)(=O)C2NNCC2C(=O)Nc2cccc(C#N)c2)cc1. The lowest BCUT2D eigenvalue weighted by molar-refractivity contribution is -0.119. The highest BCUT2D eigenvalue weighted by Gasteiger charge is 2.41. The lowest BCUT2D eigenvalue weighted by Crippen LogP contribution is -2.45. The molecule has 0 aliphatic carbocycles. The smallest absolute Gasteiger partial charge is 0.250 e. The summed E-state index contributed by atoms with van der Waals surface area (Å²) in [6.45, 7) is 2.06. The molecule has 2 unspecified atom stereocenters. The minimum absolute atomic E-state index is 0.156. The Labute approximate surface area is 157 Å². The molecule has 1 amide bonds. The average Bonchev–Trinajstić information content (AvgIpc) is 3.15. The predicted octanol–water partition coefficient (Wildman–Crippen LogP) is 1.30. The number of hydrogen-bond acceptors (Lipinski definition) is 6. The van der Waals surface area contributed by atoms with E-state index in [1.807, 2.05) is 13.0 Å². The van der Waals surface area contributed by atoms with Gasteiger partial charge in [0.2, 0.25) is 5.91 Å². The van der Waals surface area contributed by atoms with Crippen molar-refractivity contribution in [1.82, 2.24) is 10.9 Å². The van der Waals surface area contributed by atoms with Crippen molar-refractivity contribution in [2.75, 3.05) is 16.6 Å². The number of carbonyl (C=O) groups excluding carboxylic acids is 1. The molecule has 1 fully saturated rings. The molecule has 0 saturated carbocycles. The third kappa shape index (κ3) is 4.43. The Morgan fingerprint density at radius 2 is 1.93 bits per heavy atom. The Hall–Kier alpha value is -2.93. The van der Waals surface area contributed by atoms with Crippen LogP contribution in [0.2, 0.25) is 0 Å². The monoisotopic (exact) mass is 385 g/mol. The van der Waals surface area contributed by atoms with Crippen molar-refractivity contribution in [3.05, 3.63) is 59.7 Å². The van der Waals surface area contributed by atoms with Crippen molar-refractivity contribution in [2.24, 2.45) is 5.92 Å². The van der Waals surface area contributed by atoms with Crippen LogP contribution < -0.4 is 20.9 Å². The summed E-state index contributed by atoms with van der Waals surface area (Å²) in [4.78, 5) is 12.6. The Bertz CT molecular complexity index is 983. The van der Waals surface area contributed by atoms with Crippen LogP contribution in [0.4, 0.5) is 11.4 Å². The van der Waals surface area contributed by atoms with Gasteiger partial charge in [0.15, 0.2) is 5.37 Å². The molecular formula is C18H19N5O3S. The zero-order chi connectivity index (χ0) is 19.4. The van der Waals surface area contributed by atoms with Gasteiger partial charge in [-0.3, -0.25) is 14.9 Å². The van der Waals surface area contributed by atoms with Gasteiger partial charge in [0, 0.05) is 17.9 Å². The lowest BCUT2D eigenvalue weighted by atomic mass is 10.1. The van der Waals surface area contributed by atoms with Gasteiger partial charge in [-0.2, -0.15) is 5.26 Å². The number of hydrogen-bond donors (Lipinski definition) is 4. The van der Waals surface area contributed by atoms with Crippen LogP contribution in [-0.2, 0) is 14.8 Å². The van der Waals surface area contributed by atoms with E-state index in [-0.39, 0.29) is 6.54 Å². The molecule has 4 N–H and O–H groups in total. The van der Waals surface area contributed by atoms with E-state index in [9.17, 15) is 13.2 Å². The maximum atomic E-state index is 12.7. The fraction of sp³-hybridized carbons (Fsp3) is 0.222. The summed E-state index contributed by atoms with van der Waals surface area (Å²) in [6, 6.07) is 15.3. The van der Waals surface area contributed by atoms with Gasteiger partial charge in [0.1, 0.15) is 0 Å². The van der Waals surface area contributed by atoms with E-state index >= 15 is 0 Å². The van der Waals surface area contributed by atoms with E-state index in [2.05, 4.69) is 20.9 Å². The van der Waals surface area contributed by atoms with Gasteiger partial charge in [0.05, 0.1) is 17.6 Å². The van der Waals surface area contributed by atoms with Gasteiger partial charge in [-0.25, -0.2) is 13.8 Å². The second kappa shape index (κ2) is 7.75. The predicted molar refractivity (Wildman–Crippen MR) is 102 cm³/mol. The first kappa shape index (κ1) is 18.8. The number of benzene rings is 2. The maximum absolute atomic E-state index is 12.7. The van der Waals surface area contributed by atoms with Crippen LogP contribution in [-0.4, -0.2) is 26.2 Å². The largest absolute Gasteiger partial charge is 0.326 e. The summed E-state index contributed by atoms with van der Waals surface area (Å²) in [6.07, 6.45) is 0. The number of rotatable bonds is 5. The Kier molecular flexibility index (Phi) is 5.41. The zero-order valence-corrected chi connectivity index (χ0v) is 15.4. The van der Waals surface area contributed by atoms with Crippen LogP contribution in [0.15, 0.2) is 48.5 Å². The number of aryl methyl sites for hydroxylation is 1. The van der Waals surface area contributed by atoms with Crippen molar-refractivity contribution in [3.63, 3.8) is 0 Å². The fourth-order valence-electron chi connectivity index (χ4n) is 2.75. The van der Waals surface area contributed by atoms with E-state index in [1.54, 1.807) is 42.5 Å². The van der Waals surface area contributed by atoms with Gasteiger partial charge < -0.3 is 5.32 Å². The van der Waals surface area contributed by atoms with Crippen molar-refractivity contribution in [3.8, 4) is 6.07 Å². The summed E-state index contributed by atoms with van der Waals surface area (Å²) in [5.74, 6) is -1.31. The first-order chi connectivity index (χ1) is 12.9. The van der Waals surface area contributed by atoms with Crippen molar-refractivity contribution < 1.29 is 13.2 Å². The fourth-order valence-corrected chi connectivity index (χ4v) is 4.23. The summed E-state index contributed by atoms with van der Waals surface area (Å²) in [5.41, 5.74) is 7.66. The molecule has 140 valence electrons. The first-order valence-electron chi connectivity index (χ1n) is 8.27. The van der Waals surface area contributed by atoms with Gasteiger partial charge in [-0.05, 0) is 37.3 Å². The number of anilines is 2. The molecule has 1 heterocycles. The lowest BCUT2D eigenvalue weighted by Gasteiger charge is -2.19. The molecule has 0 bridgehead atoms. The number of hydrazine groups is 1. The second-order valence-corrected chi connectivity index (χ2v) is 8.05. The van der Waals surface area contributed by atoms with Gasteiger partial charge in [-0.1, -0.05) is 23.8 Å². The normalized spacial score (nSPS) is 19.3. The average molecular weight is 385 g/mol. The minimum atomic E-state index is -3.86. The first-order valence-corrected chi connectivity index (χ1v) is 9.81. The Morgan fingerprint density at radius 3 is 2.63 bits per heavy atom. The summed E-state index contributed by atoms with van der Waals surface area (Å²) >= 11 is 0. The number of nitrogens with zero attached hydrogens (tertiary/aromatic N) is 1. The Morgan fingerprint density at radius 1 is 1.19 bits per heavy atom. The minimum Gasteiger partial charge on any atom is -0.326 e. The van der Waals surface area contributed by atoms with E-state index in [0.717, 1.165) is 5.56 Å². The molecule has 8 nitrogen and oxygen atoms in total. The van der Waals surface area contributed by atoms with Crippen molar-refractivity contribution in [1.29, 1.82) is 5.26 Å². The molecule has 0 radical (unpaired) electrons. The van der Waals surface area contributed by atoms with E-state index < -0.39 is 27.2 Å². The highest BCUT2D eigenvalue weighted by molar-refractivity contribution is 7.93. The molecule has 9 heteroatoms. The summed E-state index contributed by atoms with van der Waals surface area (Å²) in [5, 5.41) is 10.5. The van der Waals surface area contributed by atoms with Crippen LogP contribution in [0.3, 0.4) is 0 Å². The summed E-state index contributed by atoms with van der Waals surface area (Å²) < 4.78 is 27.9. The van der Waals surface area contributed by atoms with E-state index in [0.29, 0.717) is 16.9 Å². The number of nitrogens with one attached hydrogen (secondary N) is 4. The maximum Gasteiger partial charge on any atom is 0.250 e. The third-order valence-electron chi connectivity index (χ3n) is 4.17. The highest BCUT2D eigenvalue weighted by Crippen LogP contribution is 2.20. The molecular weight excluding hydrogens is 366 g/mol. The van der Waals surface area contributed by atoms with Crippen LogP contribution in [0.1, 0.15) is 11.1 Å². The van der Waals surface area contributed by atoms with Gasteiger partial charge in [-0.15, -0.1) is 0 Å². The third-order valence-corrected chi connectivity index (χ3v) is 5.81. The van der Waals surface area contributed by atoms with Gasteiger partial charge in [0.25, 0.3) is 10.0 Å². The number of nitriles is 1. The quantitative estimate of drug-likeness (QED) is 0.615. The number of carbonyl (C=O) groups is 1. The molecule has 0 spiro atoms. The second-order valence-electron chi connectivity index (χ2n) is 6.25. The van der Waals surface area contributed by atoms with Crippen LogP contribution >= 0.6 is 0 Å². The van der Waals surface area contributed by atoms with Gasteiger partial charge >= 0.3 is 0 Å². The molecule has 27 heavy (non-hydrogen) atoms. The molecule has 1 aliphatic rings. The topological polar surface area (TPSA) is 123 Å². The summed E-state index contributed by atoms with van der Waals surface area (Å²) in [7, 11) is -3.86. The molecule has 2 atom stereocenters. The molecule has 0 aromatic heterocycles. The zero-order valence-electron chi connectivity index (χ0n) is 14.6. The molecule has 3 rings (SSSR count). The van der Waals surface area contributed by atoms with Crippen LogP contribution in [0, 0.1) is 24.2 Å². The number of amides is 1. The molecule has 1 aliphatic heterocycles. The van der Waals surface area contributed by atoms with Crippen molar-refractivity contribution >= 4 is 27.3 Å².